The van der Waals surface area contributed by atoms with E-state index in [4.69, 9.17) is 4.74 Å². The molecule has 1 rings (SSSR count). The first-order valence-electron chi connectivity index (χ1n) is 18.2. The third-order valence-corrected chi connectivity index (χ3v) is 9.33. The normalized spacial score (nSPS) is 26.7. The summed E-state index contributed by atoms with van der Waals surface area (Å²) in [4.78, 5) is 81.5. The lowest BCUT2D eigenvalue weighted by molar-refractivity contribution is -0.157. The molecule has 1 saturated heterocycles. The topological polar surface area (TPSA) is 203 Å². The Morgan fingerprint density at radius 2 is 1.37 bits per heavy atom. The van der Waals surface area contributed by atoms with Gasteiger partial charge in [0, 0.05) is 7.05 Å². The first-order chi connectivity index (χ1) is 23.2. The molecule has 0 aromatic heterocycles. The van der Waals surface area contributed by atoms with E-state index in [1.165, 1.54) is 38.1 Å². The molecule has 0 aromatic rings. The number of ether oxygens (including phenoxy) is 1. The van der Waals surface area contributed by atoms with Crippen molar-refractivity contribution < 1.29 is 43.7 Å². The van der Waals surface area contributed by atoms with E-state index in [1.54, 1.807) is 13.8 Å². The SMILES string of the molecule is CCCCCCCCCC[C@H]1OC(=O)CNC(=O)[C@H](C(C)O)NC(=O)[C@H](CO)NC(=O)[C@H](C(C)CC)NC(=O)[C@H](CCC)N(C)C(=O)[C@@H]1C. The zero-order chi connectivity index (χ0) is 37.1. The summed E-state index contributed by atoms with van der Waals surface area (Å²) in [5, 5.41) is 30.1. The third kappa shape index (κ3) is 14.6. The molecule has 1 aliphatic heterocycles. The van der Waals surface area contributed by atoms with Crippen molar-refractivity contribution in [1.82, 2.24) is 26.2 Å². The largest absolute Gasteiger partial charge is 0.460 e. The van der Waals surface area contributed by atoms with Crippen LogP contribution in [0.5, 0.6) is 0 Å². The second kappa shape index (κ2) is 23.2. The third-order valence-electron chi connectivity index (χ3n) is 9.33. The molecule has 49 heavy (non-hydrogen) atoms. The van der Waals surface area contributed by atoms with Gasteiger partial charge in [-0.05, 0) is 32.1 Å². The zero-order valence-electron chi connectivity index (χ0n) is 30.7. The van der Waals surface area contributed by atoms with Gasteiger partial charge in [-0.15, -0.1) is 0 Å². The number of hydrogen-bond donors (Lipinski definition) is 6. The number of nitrogens with zero attached hydrogens (tertiary/aromatic N) is 1. The van der Waals surface area contributed by atoms with E-state index in [-0.39, 0.29) is 0 Å². The first kappa shape index (κ1) is 43.8. The average molecular weight is 698 g/mol. The maximum atomic E-state index is 13.9. The molecule has 6 N–H and O–H groups in total. The van der Waals surface area contributed by atoms with Gasteiger partial charge in [-0.2, -0.15) is 0 Å². The van der Waals surface area contributed by atoms with Gasteiger partial charge in [0.1, 0.15) is 36.8 Å². The Labute approximate surface area is 292 Å². The Morgan fingerprint density at radius 3 is 1.92 bits per heavy atom. The second-order valence-corrected chi connectivity index (χ2v) is 13.4. The molecule has 1 heterocycles. The van der Waals surface area contributed by atoms with E-state index in [1.807, 2.05) is 13.8 Å². The predicted octanol–water partition coefficient (Wildman–Crippen LogP) is 1.70. The van der Waals surface area contributed by atoms with E-state index < -0.39 is 96.9 Å². The van der Waals surface area contributed by atoms with Crippen LogP contribution in [-0.2, 0) is 33.5 Å². The first-order valence-corrected chi connectivity index (χ1v) is 18.2. The lowest BCUT2D eigenvalue weighted by Crippen LogP contribution is -2.61. The number of carbonyl (C=O) groups is 6. The Morgan fingerprint density at radius 1 is 0.776 bits per heavy atom. The maximum absolute atomic E-state index is 13.9. The maximum Gasteiger partial charge on any atom is 0.325 e. The van der Waals surface area contributed by atoms with Crippen molar-refractivity contribution in [2.24, 2.45) is 11.8 Å². The average Bonchev–Trinajstić information content (AvgIpc) is 3.07. The molecule has 0 spiro atoms. The molecule has 0 radical (unpaired) electrons. The summed E-state index contributed by atoms with van der Waals surface area (Å²) in [5.74, 6) is -5.60. The summed E-state index contributed by atoms with van der Waals surface area (Å²) in [5.41, 5.74) is 0. The molecule has 0 aliphatic carbocycles. The van der Waals surface area contributed by atoms with E-state index in [2.05, 4.69) is 28.2 Å². The number of unbranched alkanes of at least 4 members (excludes halogenated alkanes) is 7. The van der Waals surface area contributed by atoms with Crippen LogP contribution in [0.2, 0.25) is 0 Å². The number of esters is 1. The number of cyclic esters (lactones) is 1. The predicted molar refractivity (Wildman–Crippen MR) is 185 cm³/mol. The Hall–Kier alpha value is -3.26. The van der Waals surface area contributed by atoms with Crippen molar-refractivity contribution >= 4 is 35.5 Å². The standard InChI is InChI=1S/C35H63N5O9/c1-8-11-12-13-14-15-16-17-19-27-23(5)35(48)40(7)26(18-9-2)32(45)38-29(22(4)10-3)34(47)37-25(21-41)31(44)39-30(24(6)42)33(46)36-20-28(43)49-27/h22-27,29-30,41-42H,8-21H2,1-7H3,(H,36,46)(H,37,47)(H,38,45)(H,39,44)/t22?,23-,24?,25+,26+,27-,29+,30+/m1/s1. The summed E-state index contributed by atoms with van der Waals surface area (Å²) in [7, 11) is 1.51. The van der Waals surface area contributed by atoms with E-state index in [0.717, 1.165) is 25.7 Å². The second-order valence-electron chi connectivity index (χ2n) is 13.4. The van der Waals surface area contributed by atoms with Gasteiger partial charge in [0.2, 0.25) is 29.5 Å². The number of aliphatic hydroxyl groups is 2. The fourth-order valence-electron chi connectivity index (χ4n) is 5.84. The van der Waals surface area contributed by atoms with Gasteiger partial charge in [0.05, 0.1) is 18.6 Å². The minimum Gasteiger partial charge on any atom is -0.460 e. The van der Waals surface area contributed by atoms with Gasteiger partial charge in [0.25, 0.3) is 0 Å². The molecule has 1 aliphatic rings. The number of carbonyl (C=O) groups excluding carboxylic acids is 6. The van der Waals surface area contributed by atoms with Crippen molar-refractivity contribution in [3.05, 3.63) is 0 Å². The Kier molecular flexibility index (Phi) is 20.7. The molecule has 0 aromatic carbocycles. The highest BCUT2D eigenvalue weighted by atomic mass is 16.5. The van der Waals surface area contributed by atoms with Crippen LogP contribution in [-0.4, -0.2) is 107 Å². The highest BCUT2D eigenvalue weighted by Crippen LogP contribution is 2.21. The van der Waals surface area contributed by atoms with Crippen LogP contribution in [0.15, 0.2) is 0 Å². The number of amides is 5. The van der Waals surface area contributed by atoms with Gasteiger partial charge in [0.15, 0.2) is 0 Å². The summed E-state index contributed by atoms with van der Waals surface area (Å²) >= 11 is 0. The van der Waals surface area contributed by atoms with Crippen molar-refractivity contribution in [2.45, 2.75) is 155 Å². The van der Waals surface area contributed by atoms with Crippen LogP contribution in [0, 0.1) is 11.8 Å². The van der Waals surface area contributed by atoms with Crippen LogP contribution in [0.1, 0.15) is 119 Å². The lowest BCUT2D eigenvalue weighted by Gasteiger charge is -2.34. The number of hydrogen-bond acceptors (Lipinski definition) is 9. The highest BCUT2D eigenvalue weighted by Gasteiger charge is 2.38. The number of aliphatic hydroxyl groups excluding tert-OH is 2. The molecule has 14 heteroatoms. The van der Waals surface area contributed by atoms with Crippen molar-refractivity contribution in [3.63, 3.8) is 0 Å². The van der Waals surface area contributed by atoms with Crippen molar-refractivity contribution in [1.29, 1.82) is 0 Å². The van der Waals surface area contributed by atoms with Gasteiger partial charge in [-0.3, -0.25) is 28.8 Å². The van der Waals surface area contributed by atoms with Crippen molar-refractivity contribution in [3.8, 4) is 0 Å². The van der Waals surface area contributed by atoms with Crippen molar-refractivity contribution in [2.75, 3.05) is 20.2 Å². The summed E-state index contributed by atoms with van der Waals surface area (Å²) < 4.78 is 5.77. The smallest absolute Gasteiger partial charge is 0.325 e. The van der Waals surface area contributed by atoms with Crippen LogP contribution in [0.4, 0.5) is 0 Å². The Balaban J connectivity index is 3.45. The molecule has 0 saturated carbocycles. The minimum absolute atomic E-state index is 0.298. The van der Waals surface area contributed by atoms with Crippen LogP contribution < -0.4 is 21.3 Å². The number of rotatable bonds is 15. The molecule has 5 amide bonds. The summed E-state index contributed by atoms with van der Waals surface area (Å²) in [6.45, 7) is 9.08. The molecule has 2 unspecified atom stereocenters. The van der Waals surface area contributed by atoms with Crippen LogP contribution >= 0.6 is 0 Å². The fraction of sp³-hybridized carbons (Fsp3) is 0.829. The molecule has 0 bridgehead atoms. The Bertz CT molecular complexity index is 1070. The van der Waals surface area contributed by atoms with Gasteiger partial charge >= 0.3 is 5.97 Å². The van der Waals surface area contributed by atoms with Gasteiger partial charge < -0.3 is 41.1 Å². The molecular weight excluding hydrogens is 634 g/mol. The minimum atomic E-state index is -1.53. The molecule has 282 valence electrons. The fourth-order valence-corrected chi connectivity index (χ4v) is 5.84. The summed E-state index contributed by atoms with van der Waals surface area (Å²) in [6, 6.07) is -5.11. The number of nitrogens with one attached hydrogen (secondary N) is 4. The molecule has 1 fully saturated rings. The van der Waals surface area contributed by atoms with E-state index in [9.17, 15) is 39.0 Å². The monoisotopic (exact) mass is 697 g/mol. The van der Waals surface area contributed by atoms with Crippen LogP contribution in [0.25, 0.3) is 0 Å². The highest BCUT2D eigenvalue weighted by molar-refractivity contribution is 5.96. The van der Waals surface area contributed by atoms with Gasteiger partial charge in [-0.25, -0.2) is 0 Å². The van der Waals surface area contributed by atoms with E-state index in [0.29, 0.717) is 32.1 Å². The summed E-state index contributed by atoms with van der Waals surface area (Å²) in [6.07, 6.45) is 7.89. The van der Waals surface area contributed by atoms with Gasteiger partial charge in [-0.1, -0.05) is 92.4 Å². The quantitative estimate of drug-likeness (QED) is 0.109. The molecule has 8 atom stereocenters. The molecule has 14 nitrogen and oxygen atoms in total. The van der Waals surface area contributed by atoms with E-state index >= 15 is 0 Å². The number of likely N-dealkylation sites (N-methyl/N-ethyl adjacent to an activating group) is 1. The zero-order valence-corrected chi connectivity index (χ0v) is 30.7. The van der Waals surface area contributed by atoms with Crippen LogP contribution in [0.3, 0.4) is 0 Å². The molecular formula is C35H63N5O9. The lowest BCUT2D eigenvalue weighted by atomic mass is 9.95.